The average Bonchev–Trinajstić information content (AvgIpc) is 3.70. The van der Waals surface area contributed by atoms with E-state index in [4.69, 9.17) is 20.3 Å². The maximum Gasteiger partial charge on any atom is 0.399 e. The Balaban J connectivity index is 1.32. The molecule has 0 unspecified atom stereocenters. The Bertz CT molecular complexity index is 1680. The molecule has 2 saturated heterocycles. The topological polar surface area (TPSA) is 180 Å². The fourth-order valence-corrected chi connectivity index (χ4v) is 7.12. The maximum atomic E-state index is 14.3. The van der Waals surface area contributed by atoms with Crippen molar-refractivity contribution in [3.8, 4) is 0 Å². The molecule has 0 spiro atoms. The number of benzene rings is 2. The van der Waals surface area contributed by atoms with Gasteiger partial charge in [0, 0.05) is 29.8 Å². The van der Waals surface area contributed by atoms with Crippen LogP contribution < -0.4 is 11.1 Å². The van der Waals surface area contributed by atoms with E-state index in [9.17, 15) is 32.5 Å². The van der Waals surface area contributed by atoms with Crippen LogP contribution in [0.15, 0.2) is 54.6 Å². The number of hydrogen-bond donors (Lipinski definition) is 4. The zero-order valence-electron chi connectivity index (χ0n) is 24.5. The molecule has 2 aliphatic rings. The first-order valence-corrected chi connectivity index (χ1v) is 17.0. The molecule has 1 aromatic heterocycles. The van der Waals surface area contributed by atoms with Crippen LogP contribution >= 0.6 is 18.9 Å². The molecule has 3 atom stereocenters. The number of thiophene rings is 1. The molecule has 3 aromatic rings. The van der Waals surface area contributed by atoms with Gasteiger partial charge in [0.05, 0.1) is 18.0 Å². The molecule has 2 aliphatic heterocycles. The van der Waals surface area contributed by atoms with Gasteiger partial charge in [-0.25, -0.2) is 0 Å². The summed E-state index contributed by atoms with van der Waals surface area (Å²) in [6.45, 7) is 1.27. The van der Waals surface area contributed by atoms with Crippen molar-refractivity contribution in [3.05, 3.63) is 70.6 Å². The number of hydrogen-bond acceptors (Lipinski definition) is 7. The van der Waals surface area contributed by atoms with Gasteiger partial charge in [0.2, 0.25) is 17.7 Å². The van der Waals surface area contributed by atoms with Crippen molar-refractivity contribution in [2.45, 2.75) is 49.5 Å². The Morgan fingerprint density at radius 2 is 1.85 bits per heavy atom. The summed E-state index contributed by atoms with van der Waals surface area (Å²) >= 11 is 0.925. The highest BCUT2D eigenvalue weighted by Gasteiger charge is 2.50. The first-order valence-electron chi connectivity index (χ1n) is 14.6. The summed E-state index contributed by atoms with van der Waals surface area (Å²) in [5.74, 6) is -2.21. The normalized spacial score (nSPS) is 19.7. The van der Waals surface area contributed by atoms with E-state index in [1.165, 1.54) is 17.0 Å². The van der Waals surface area contributed by atoms with Crippen LogP contribution in [-0.2, 0) is 29.3 Å². The molecule has 0 bridgehead atoms. The van der Waals surface area contributed by atoms with Crippen LogP contribution in [0.4, 0.5) is 8.78 Å². The van der Waals surface area contributed by atoms with Crippen molar-refractivity contribution in [1.29, 1.82) is 0 Å². The number of amides is 4. The van der Waals surface area contributed by atoms with Crippen LogP contribution in [0.2, 0.25) is 0 Å². The summed E-state index contributed by atoms with van der Waals surface area (Å²) in [6, 6.07) is 11.8. The summed E-state index contributed by atoms with van der Waals surface area (Å²) in [5, 5.41) is 2.76. The predicted molar refractivity (Wildman–Crippen MR) is 164 cm³/mol. The minimum Gasteiger partial charge on any atom is -0.370 e. The number of likely N-dealkylation sites (tertiary alicyclic amines) is 1. The number of nitrogens with zero attached hydrogens (tertiary/aromatic N) is 2. The number of fused-ring (bicyclic) bond motifs is 1. The third kappa shape index (κ3) is 7.13. The maximum absolute atomic E-state index is 14.3. The number of halogens is 2. The lowest BCUT2D eigenvalue weighted by atomic mass is 10.1. The molecule has 3 heterocycles. The van der Waals surface area contributed by atoms with Crippen LogP contribution in [0.3, 0.4) is 0 Å². The molecule has 0 radical (unpaired) electrons. The number of carbonyl (C=O) groups is 4. The molecule has 46 heavy (non-hydrogen) atoms. The van der Waals surface area contributed by atoms with Gasteiger partial charge in [-0.3, -0.25) is 23.7 Å². The predicted octanol–water partition coefficient (Wildman–Crippen LogP) is 3.08. The summed E-state index contributed by atoms with van der Waals surface area (Å²) in [7, 11) is -5.80. The number of nitrogens with two attached hydrogens (primary N) is 1. The van der Waals surface area contributed by atoms with Crippen molar-refractivity contribution in [2.75, 3.05) is 26.2 Å². The highest BCUT2D eigenvalue weighted by molar-refractivity contribution is 7.52. The smallest absolute Gasteiger partial charge is 0.370 e. The Hall–Kier alpha value is -3.75. The second-order valence-electron chi connectivity index (χ2n) is 11.2. The molecule has 246 valence electrons. The molecule has 2 fully saturated rings. The standard InChI is InChI=1S/C30H33F2N4O8PS/c31-30(32,45(41,42)43)20-8-10-24-19(15-20)16-25(46-24)27(38)34-21(9-11-26(33)37)28(39)36-12-4-7-22(36)29(40)35-13-14-44-23(17-35)18-5-2-1-3-6-18/h1-3,5-6,8,10,15-16,21-23H,4,7,9,11-14,17H2,(H2,33,37)(H,34,38)(H2,41,42,43)/t21-,22-,23-/m0/s1. The Kier molecular flexibility index (Phi) is 9.89. The number of alkyl halides is 2. The first-order chi connectivity index (χ1) is 21.8. The van der Waals surface area contributed by atoms with E-state index >= 15 is 0 Å². The molecule has 12 nitrogen and oxygen atoms in total. The van der Waals surface area contributed by atoms with E-state index in [0.717, 1.165) is 29.0 Å². The molecule has 5 N–H and O–H groups in total. The number of carbonyl (C=O) groups excluding carboxylic acids is 4. The first kappa shape index (κ1) is 33.6. The minimum atomic E-state index is -5.80. The highest BCUT2D eigenvalue weighted by Crippen LogP contribution is 2.59. The van der Waals surface area contributed by atoms with E-state index in [-0.39, 0.29) is 41.7 Å². The minimum absolute atomic E-state index is 0.0397. The lowest BCUT2D eigenvalue weighted by molar-refractivity contribution is -0.149. The SMILES string of the molecule is NC(=O)CC[C@H](NC(=O)c1cc2cc(C(F)(F)P(=O)(O)O)ccc2s1)C(=O)N1CCC[C@H]1C(=O)N1CCO[C@H](c2ccccc2)C1. The average molecular weight is 679 g/mol. The van der Waals surface area contributed by atoms with Gasteiger partial charge in [0.1, 0.15) is 18.2 Å². The largest absolute Gasteiger partial charge is 0.399 e. The van der Waals surface area contributed by atoms with E-state index in [0.29, 0.717) is 37.2 Å². The second-order valence-corrected chi connectivity index (χ2v) is 14.0. The summed E-state index contributed by atoms with van der Waals surface area (Å²) in [4.78, 5) is 73.8. The number of primary amides is 1. The fraction of sp³-hybridized carbons (Fsp3) is 0.400. The van der Waals surface area contributed by atoms with Crippen LogP contribution in [0, 0.1) is 0 Å². The highest BCUT2D eigenvalue weighted by atomic mass is 32.1. The van der Waals surface area contributed by atoms with Crippen molar-refractivity contribution < 1.29 is 47.0 Å². The Labute approximate surface area is 266 Å². The summed E-state index contributed by atoms with van der Waals surface area (Å²) in [6.07, 6.45) is 0.315. The monoisotopic (exact) mass is 678 g/mol. The summed E-state index contributed by atoms with van der Waals surface area (Å²) in [5.41, 5.74) is 0.934. The third-order valence-electron chi connectivity index (χ3n) is 8.11. The number of rotatable bonds is 10. The quantitative estimate of drug-likeness (QED) is 0.236. The van der Waals surface area contributed by atoms with Crippen LogP contribution in [-0.4, -0.2) is 81.5 Å². The number of ether oxygens (including phenoxy) is 1. The molecular weight excluding hydrogens is 645 g/mol. The van der Waals surface area contributed by atoms with Crippen molar-refractivity contribution in [1.82, 2.24) is 15.1 Å². The Morgan fingerprint density at radius 1 is 1.11 bits per heavy atom. The van der Waals surface area contributed by atoms with E-state index in [1.54, 1.807) is 4.90 Å². The molecule has 5 rings (SSSR count). The fourth-order valence-electron chi connectivity index (χ4n) is 5.70. The van der Waals surface area contributed by atoms with Crippen LogP contribution in [0.25, 0.3) is 10.1 Å². The van der Waals surface area contributed by atoms with Crippen molar-refractivity contribution in [3.63, 3.8) is 0 Å². The van der Waals surface area contributed by atoms with Crippen LogP contribution in [0.1, 0.15) is 52.6 Å². The van der Waals surface area contributed by atoms with E-state index in [1.807, 2.05) is 30.3 Å². The molecule has 16 heteroatoms. The Morgan fingerprint density at radius 3 is 2.54 bits per heavy atom. The number of nitrogens with one attached hydrogen (secondary N) is 1. The van der Waals surface area contributed by atoms with E-state index in [2.05, 4.69) is 5.32 Å². The van der Waals surface area contributed by atoms with Crippen LogP contribution in [0.5, 0.6) is 0 Å². The van der Waals surface area contributed by atoms with E-state index < -0.39 is 48.6 Å². The van der Waals surface area contributed by atoms with Gasteiger partial charge >= 0.3 is 13.3 Å². The zero-order valence-corrected chi connectivity index (χ0v) is 26.2. The molecule has 0 saturated carbocycles. The van der Waals surface area contributed by atoms with Gasteiger partial charge in [0.25, 0.3) is 5.91 Å². The molecule has 0 aliphatic carbocycles. The second kappa shape index (κ2) is 13.5. The zero-order chi connectivity index (χ0) is 33.2. The van der Waals surface area contributed by atoms with Crippen molar-refractivity contribution in [2.24, 2.45) is 5.73 Å². The van der Waals surface area contributed by atoms with Gasteiger partial charge < -0.3 is 35.4 Å². The van der Waals surface area contributed by atoms with Gasteiger partial charge in [-0.1, -0.05) is 36.4 Å². The molecule has 2 aromatic carbocycles. The van der Waals surface area contributed by atoms with Gasteiger partial charge in [-0.15, -0.1) is 11.3 Å². The molecular formula is C30H33F2N4O8PS. The number of morpholine rings is 1. The third-order valence-corrected chi connectivity index (χ3v) is 10.2. The van der Waals surface area contributed by atoms with Gasteiger partial charge in [-0.05, 0) is 48.4 Å². The molecule has 4 amide bonds. The lowest BCUT2D eigenvalue weighted by Crippen LogP contribution is -2.55. The lowest BCUT2D eigenvalue weighted by Gasteiger charge is -2.37. The van der Waals surface area contributed by atoms with Gasteiger partial charge in [0.15, 0.2) is 0 Å². The van der Waals surface area contributed by atoms with Gasteiger partial charge in [-0.2, -0.15) is 8.78 Å². The summed E-state index contributed by atoms with van der Waals surface area (Å²) < 4.78 is 46.1. The van der Waals surface area contributed by atoms with Crippen molar-refractivity contribution >= 4 is 52.6 Å².